The Kier molecular flexibility index (Phi) is 2.58. The van der Waals surface area contributed by atoms with E-state index in [2.05, 4.69) is 5.32 Å². The monoisotopic (exact) mass is 182 g/mol. The highest BCUT2D eigenvalue weighted by atomic mass is 16.5. The second-order valence-electron chi connectivity index (χ2n) is 3.63. The maximum atomic E-state index is 11.2. The van der Waals surface area contributed by atoms with Crippen LogP contribution in [0.1, 0.15) is 20.3 Å². The van der Waals surface area contributed by atoms with E-state index in [0.717, 1.165) is 6.42 Å². The average molecular weight is 182 g/mol. The summed E-state index contributed by atoms with van der Waals surface area (Å²) in [6.07, 6.45) is 0.827. The zero-order valence-electron chi connectivity index (χ0n) is 8.13. The SMILES string of the molecule is COC1(C)CC1NC(=O)C(C)C#N. The van der Waals surface area contributed by atoms with Crippen LogP contribution in [-0.4, -0.2) is 24.7 Å². The molecule has 0 aromatic heterocycles. The fourth-order valence-electron chi connectivity index (χ4n) is 1.13. The van der Waals surface area contributed by atoms with Crippen LogP contribution in [-0.2, 0) is 9.53 Å². The van der Waals surface area contributed by atoms with E-state index < -0.39 is 5.92 Å². The van der Waals surface area contributed by atoms with Gasteiger partial charge in [-0.05, 0) is 13.8 Å². The Morgan fingerprint density at radius 3 is 2.85 bits per heavy atom. The second kappa shape index (κ2) is 3.35. The molecule has 1 amide bonds. The minimum absolute atomic E-state index is 0.0702. The Labute approximate surface area is 77.9 Å². The van der Waals surface area contributed by atoms with E-state index in [1.165, 1.54) is 0 Å². The lowest BCUT2D eigenvalue weighted by Gasteiger charge is -2.10. The van der Waals surface area contributed by atoms with Gasteiger partial charge in [0, 0.05) is 13.5 Å². The van der Waals surface area contributed by atoms with Crippen molar-refractivity contribution in [1.82, 2.24) is 5.32 Å². The third-order valence-corrected chi connectivity index (χ3v) is 2.56. The molecule has 1 aliphatic carbocycles. The minimum atomic E-state index is -0.582. The van der Waals surface area contributed by atoms with Gasteiger partial charge in [-0.25, -0.2) is 0 Å². The van der Waals surface area contributed by atoms with Crippen LogP contribution in [0.25, 0.3) is 0 Å². The Balaban J connectivity index is 2.37. The third kappa shape index (κ3) is 1.99. The fraction of sp³-hybridized carbons (Fsp3) is 0.778. The Bertz CT molecular complexity index is 259. The Hall–Kier alpha value is -1.08. The van der Waals surface area contributed by atoms with Crippen LogP contribution >= 0.6 is 0 Å². The van der Waals surface area contributed by atoms with Gasteiger partial charge in [-0.1, -0.05) is 0 Å². The van der Waals surface area contributed by atoms with E-state index in [9.17, 15) is 4.79 Å². The zero-order valence-corrected chi connectivity index (χ0v) is 8.13. The first-order chi connectivity index (χ1) is 6.03. The van der Waals surface area contributed by atoms with Gasteiger partial charge in [0.1, 0.15) is 5.92 Å². The first-order valence-corrected chi connectivity index (χ1v) is 4.28. The lowest BCUT2D eigenvalue weighted by molar-refractivity contribution is -0.123. The molecule has 13 heavy (non-hydrogen) atoms. The summed E-state index contributed by atoms with van der Waals surface area (Å²) in [5.74, 6) is -0.796. The highest BCUT2D eigenvalue weighted by Gasteiger charge is 2.51. The zero-order chi connectivity index (χ0) is 10.1. The molecule has 0 spiro atoms. The number of nitrogens with one attached hydrogen (secondary N) is 1. The standard InChI is InChI=1S/C9H14N2O2/c1-6(5-10)8(12)11-7-4-9(7,2)13-3/h6-7H,4H2,1-3H3,(H,11,12). The molecule has 0 saturated heterocycles. The van der Waals surface area contributed by atoms with Crippen molar-refractivity contribution in [2.45, 2.75) is 31.9 Å². The van der Waals surface area contributed by atoms with Crippen molar-refractivity contribution in [3.63, 3.8) is 0 Å². The largest absolute Gasteiger partial charge is 0.376 e. The highest BCUT2D eigenvalue weighted by Crippen LogP contribution is 2.38. The van der Waals surface area contributed by atoms with Gasteiger partial charge >= 0.3 is 0 Å². The number of carbonyl (C=O) groups excluding carboxylic acids is 1. The fourth-order valence-corrected chi connectivity index (χ4v) is 1.13. The molecule has 4 heteroatoms. The van der Waals surface area contributed by atoms with E-state index >= 15 is 0 Å². The molecule has 1 saturated carbocycles. The third-order valence-electron chi connectivity index (χ3n) is 2.56. The molecule has 3 unspecified atom stereocenters. The van der Waals surface area contributed by atoms with E-state index in [0.29, 0.717) is 0 Å². The van der Waals surface area contributed by atoms with Crippen molar-refractivity contribution in [2.24, 2.45) is 5.92 Å². The van der Waals surface area contributed by atoms with Gasteiger partial charge in [-0.2, -0.15) is 5.26 Å². The van der Waals surface area contributed by atoms with Crippen molar-refractivity contribution in [3.05, 3.63) is 0 Å². The normalized spacial score (nSPS) is 33.2. The molecule has 0 aromatic carbocycles. The number of hydrogen-bond donors (Lipinski definition) is 1. The molecule has 0 radical (unpaired) electrons. The summed E-state index contributed by atoms with van der Waals surface area (Å²) in [6.45, 7) is 3.52. The number of hydrogen-bond acceptors (Lipinski definition) is 3. The number of amides is 1. The van der Waals surface area contributed by atoms with Crippen LogP contribution < -0.4 is 5.32 Å². The number of carbonyl (C=O) groups is 1. The van der Waals surface area contributed by atoms with Crippen LogP contribution in [0.2, 0.25) is 0 Å². The highest BCUT2D eigenvalue weighted by molar-refractivity contribution is 5.81. The number of nitrogens with zero attached hydrogens (tertiary/aromatic N) is 1. The lowest BCUT2D eigenvalue weighted by Crippen LogP contribution is -2.34. The van der Waals surface area contributed by atoms with Gasteiger partial charge in [0.2, 0.25) is 5.91 Å². The van der Waals surface area contributed by atoms with Crippen LogP contribution in [0.15, 0.2) is 0 Å². The number of ether oxygens (including phenoxy) is 1. The molecule has 1 fully saturated rings. The molecule has 72 valence electrons. The maximum Gasteiger partial charge on any atom is 0.237 e. The molecule has 0 heterocycles. The summed E-state index contributed by atoms with van der Waals surface area (Å²) < 4.78 is 5.18. The first kappa shape index (κ1) is 10.0. The van der Waals surface area contributed by atoms with E-state index in [4.69, 9.17) is 10.00 Å². The minimum Gasteiger partial charge on any atom is -0.376 e. The molecule has 3 atom stereocenters. The molecule has 1 aliphatic rings. The molecular formula is C9H14N2O2. The predicted octanol–water partition coefficient (Wildman–Crippen LogP) is 0.440. The Morgan fingerprint density at radius 1 is 1.85 bits per heavy atom. The van der Waals surface area contributed by atoms with Crippen LogP contribution in [0.4, 0.5) is 0 Å². The molecular weight excluding hydrogens is 168 g/mol. The summed E-state index contributed by atoms with van der Waals surface area (Å²) in [5, 5.41) is 11.2. The molecule has 0 aromatic rings. The molecule has 0 aliphatic heterocycles. The van der Waals surface area contributed by atoms with Gasteiger partial charge in [-0.15, -0.1) is 0 Å². The van der Waals surface area contributed by atoms with Gasteiger partial charge in [0.15, 0.2) is 0 Å². The van der Waals surface area contributed by atoms with Crippen LogP contribution in [0.5, 0.6) is 0 Å². The predicted molar refractivity (Wildman–Crippen MR) is 46.7 cm³/mol. The van der Waals surface area contributed by atoms with Gasteiger partial charge < -0.3 is 10.1 Å². The average Bonchev–Trinajstić information content (AvgIpc) is 2.76. The van der Waals surface area contributed by atoms with Gasteiger partial charge in [0.25, 0.3) is 0 Å². The van der Waals surface area contributed by atoms with Gasteiger partial charge in [0.05, 0.1) is 17.7 Å². The number of rotatable bonds is 3. The van der Waals surface area contributed by atoms with Crippen LogP contribution in [0, 0.1) is 17.2 Å². The Morgan fingerprint density at radius 2 is 2.46 bits per heavy atom. The quantitative estimate of drug-likeness (QED) is 0.688. The topological polar surface area (TPSA) is 62.1 Å². The van der Waals surface area contributed by atoms with Crippen molar-refractivity contribution in [3.8, 4) is 6.07 Å². The first-order valence-electron chi connectivity index (χ1n) is 4.28. The van der Waals surface area contributed by atoms with E-state index in [1.807, 2.05) is 13.0 Å². The van der Waals surface area contributed by atoms with Gasteiger partial charge in [-0.3, -0.25) is 4.79 Å². The molecule has 0 bridgehead atoms. The smallest absolute Gasteiger partial charge is 0.237 e. The number of nitriles is 1. The van der Waals surface area contributed by atoms with Crippen molar-refractivity contribution >= 4 is 5.91 Å². The summed E-state index contributed by atoms with van der Waals surface area (Å²) in [4.78, 5) is 11.2. The van der Waals surface area contributed by atoms with E-state index in [-0.39, 0.29) is 17.6 Å². The summed E-state index contributed by atoms with van der Waals surface area (Å²) in [7, 11) is 1.62. The summed E-state index contributed by atoms with van der Waals surface area (Å²) in [6, 6.07) is 1.96. The van der Waals surface area contributed by atoms with Crippen molar-refractivity contribution < 1.29 is 9.53 Å². The number of methoxy groups -OCH3 is 1. The molecule has 1 N–H and O–H groups in total. The maximum absolute atomic E-state index is 11.2. The summed E-state index contributed by atoms with van der Waals surface area (Å²) in [5.41, 5.74) is -0.217. The second-order valence-corrected chi connectivity index (χ2v) is 3.63. The summed E-state index contributed by atoms with van der Waals surface area (Å²) >= 11 is 0. The lowest BCUT2D eigenvalue weighted by atomic mass is 10.2. The van der Waals surface area contributed by atoms with E-state index in [1.54, 1.807) is 14.0 Å². The molecule has 4 nitrogen and oxygen atoms in total. The van der Waals surface area contributed by atoms with Crippen molar-refractivity contribution in [2.75, 3.05) is 7.11 Å². The molecule has 1 rings (SSSR count). The van der Waals surface area contributed by atoms with Crippen LogP contribution in [0.3, 0.4) is 0 Å². The van der Waals surface area contributed by atoms with Crippen molar-refractivity contribution in [1.29, 1.82) is 5.26 Å².